The van der Waals surface area contributed by atoms with Gasteiger partial charge in [0.2, 0.25) is 5.89 Å². The maximum atomic E-state index is 11.2. The molecule has 3 fully saturated rings. The van der Waals surface area contributed by atoms with E-state index in [9.17, 15) is 9.90 Å². The number of carboxylic acids is 1. The third kappa shape index (κ3) is 1.58. The summed E-state index contributed by atoms with van der Waals surface area (Å²) in [5, 5.41) is 13.4. The van der Waals surface area contributed by atoms with Crippen molar-refractivity contribution < 1.29 is 14.4 Å². The molecular formula is C15H20N2O3. The van der Waals surface area contributed by atoms with Crippen LogP contribution in [0.2, 0.25) is 0 Å². The lowest BCUT2D eigenvalue weighted by molar-refractivity contribution is -0.139. The first kappa shape index (κ1) is 12.4. The summed E-state index contributed by atoms with van der Waals surface area (Å²) in [5.74, 6) is 2.06. The monoisotopic (exact) mass is 276 g/mol. The van der Waals surface area contributed by atoms with Crippen LogP contribution in [0, 0.1) is 23.2 Å². The number of fused-ring (bicyclic) bond motifs is 2. The molecule has 1 heterocycles. The fourth-order valence-corrected chi connectivity index (χ4v) is 4.64. The van der Waals surface area contributed by atoms with E-state index in [1.807, 2.05) is 13.8 Å². The van der Waals surface area contributed by atoms with Crippen molar-refractivity contribution in [1.29, 1.82) is 0 Å². The van der Waals surface area contributed by atoms with Crippen LogP contribution in [-0.4, -0.2) is 21.2 Å². The van der Waals surface area contributed by atoms with E-state index >= 15 is 0 Å². The van der Waals surface area contributed by atoms with Gasteiger partial charge in [0.15, 0.2) is 5.82 Å². The molecule has 3 aliphatic rings. The summed E-state index contributed by atoms with van der Waals surface area (Å²) in [4.78, 5) is 15.8. The van der Waals surface area contributed by atoms with Crippen LogP contribution >= 0.6 is 0 Å². The summed E-state index contributed by atoms with van der Waals surface area (Å²) in [6, 6.07) is 0. The van der Waals surface area contributed by atoms with Crippen molar-refractivity contribution in [3.8, 4) is 0 Å². The lowest BCUT2D eigenvalue weighted by atomic mass is 9.88. The Kier molecular flexibility index (Phi) is 2.37. The van der Waals surface area contributed by atoms with Gasteiger partial charge in [0.25, 0.3) is 0 Å². The van der Waals surface area contributed by atoms with E-state index in [1.165, 1.54) is 25.7 Å². The van der Waals surface area contributed by atoms with Crippen LogP contribution in [0.3, 0.4) is 0 Å². The van der Waals surface area contributed by atoms with Crippen LogP contribution in [0.15, 0.2) is 4.52 Å². The van der Waals surface area contributed by atoms with Gasteiger partial charge in [-0.25, -0.2) is 0 Å². The fraction of sp³-hybridized carbons (Fsp3) is 0.800. The molecule has 0 amide bonds. The number of carbonyl (C=O) groups is 1. The highest BCUT2D eigenvalue weighted by Crippen LogP contribution is 2.64. The van der Waals surface area contributed by atoms with E-state index in [1.54, 1.807) is 0 Å². The maximum absolute atomic E-state index is 11.2. The molecular weight excluding hydrogens is 256 g/mol. The molecule has 3 aliphatic carbocycles. The number of carboxylic acid groups (broad SMARTS) is 1. The normalized spacial score (nSPS) is 41.0. The Morgan fingerprint density at radius 1 is 1.35 bits per heavy atom. The molecule has 4 rings (SSSR count). The second-order valence-electron chi connectivity index (χ2n) is 7.39. The Bertz CT molecular complexity index is 565. The van der Waals surface area contributed by atoms with Crippen LogP contribution in [0.1, 0.15) is 63.1 Å². The van der Waals surface area contributed by atoms with Gasteiger partial charge in [-0.2, -0.15) is 4.98 Å². The van der Waals surface area contributed by atoms with Crippen LogP contribution in [0.25, 0.3) is 0 Å². The number of nitrogens with zero attached hydrogens (tertiary/aromatic N) is 2. The van der Waals surface area contributed by atoms with Gasteiger partial charge in [-0.15, -0.1) is 0 Å². The lowest BCUT2D eigenvalue weighted by Crippen LogP contribution is -2.10. The van der Waals surface area contributed by atoms with E-state index in [-0.39, 0.29) is 11.3 Å². The third-order valence-electron chi connectivity index (χ3n) is 5.89. The van der Waals surface area contributed by atoms with Crippen LogP contribution < -0.4 is 0 Å². The van der Waals surface area contributed by atoms with Crippen LogP contribution in [0.4, 0.5) is 0 Å². The van der Waals surface area contributed by atoms with Gasteiger partial charge in [0, 0.05) is 5.92 Å². The van der Waals surface area contributed by atoms with Gasteiger partial charge in [-0.05, 0) is 36.5 Å². The molecule has 2 bridgehead atoms. The first-order chi connectivity index (χ1) is 9.48. The van der Waals surface area contributed by atoms with Crippen molar-refractivity contribution in [3.63, 3.8) is 0 Å². The number of rotatable bonds is 3. The Hall–Kier alpha value is -1.39. The number of hydrogen-bond acceptors (Lipinski definition) is 4. The predicted molar refractivity (Wildman–Crippen MR) is 70.1 cm³/mol. The Labute approximate surface area is 117 Å². The van der Waals surface area contributed by atoms with Gasteiger partial charge >= 0.3 is 5.97 Å². The molecule has 3 saturated carbocycles. The Morgan fingerprint density at radius 3 is 2.70 bits per heavy atom. The Balaban J connectivity index is 1.56. The highest BCUT2D eigenvalue weighted by molar-refractivity contribution is 5.77. The zero-order valence-corrected chi connectivity index (χ0v) is 11.9. The van der Waals surface area contributed by atoms with Crippen LogP contribution in [0.5, 0.6) is 0 Å². The SMILES string of the molecule is CC1(C)C(C(=O)O)C1c1nc(C2CC3CCC2C3)no1. The fourth-order valence-electron chi connectivity index (χ4n) is 4.64. The summed E-state index contributed by atoms with van der Waals surface area (Å²) in [5.41, 5.74) is -0.273. The molecule has 1 aromatic heterocycles. The predicted octanol–water partition coefficient (Wildman–Crippen LogP) is 2.80. The van der Waals surface area contributed by atoms with Crippen molar-refractivity contribution in [2.24, 2.45) is 23.2 Å². The summed E-state index contributed by atoms with van der Waals surface area (Å²) in [6.07, 6.45) is 5.12. The zero-order valence-electron chi connectivity index (χ0n) is 11.9. The Morgan fingerprint density at radius 2 is 2.15 bits per heavy atom. The largest absolute Gasteiger partial charge is 0.481 e. The van der Waals surface area contributed by atoms with Gasteiger partial charge in [0.05, 0.1) is 11.8 Å². The topological polar surface area (TPSA) is 76.2 Å². The minimum atomic E-state index is -0.764. The molecule has 5 heteroatoms. The zero-order chi connectivity index (χ0) is 14.1. The lowest BCUT2D eigenvalue weighted by Gasteiger charge is -2.17. The van der Waals surface area contributed by atoms with E-state index in [0.717, 1.165) is 11.7 Å². The summed E-state index contributed by atoms with van der Waals surface area (Å²) < 4.78 is 5.40. The van der Waals surface area contributed by atoms with Crippen molar-refractivity contribution in [3.05, 3.63) is 11.7 Å². The molecule has 5 nitrogen and oxygen atoms in total. The smallest absolute Gasteiger partial charge is 0.307 e. The minimum Gasteiger partial charge on any atom is -0.481 e. The molecule has 0 spiro atoms. The van der Waals surface area contributed by atoms with Gasteiger partial charge in [-0.1, -0.05) is 25.4 Å². The van der Waals surface area contributed by atoms with Gasteiger partial charge in [-0.3, -0.25) is 4.79 Å². The first-order valence-corrected chi connectivity index (χ1v) is 7.54. The number of aliphatic carboxylic acids is 1. The van der Waals surface area contributed by atoms with E-state index in [2.05, 4.69) is 10.1 Å². The average Bonchev–Trinajstić information content (AvgIpc) is 2.92. The van der Waals surface area contributed by atoms with Crippen molar-refractivity contribution >= 4 is 5.97 Å². The molecule has 1 N–H and O–H groups in total. The van der Waals surface area contributed by atoms with E-state index in [4.69, 9.17) is 4.52 Å². The second kappa shape index (κ2) is 3.83. The highest BCUT2D eigenvalue weighted by atomic mass is 16.5. The number of hydrogen-bond donors (Lipinski definition) is 1. The highest BCUT2D eigenvalue weighted by Gasteiger charge is 2.65. The van der Waals surface area contributed by atoms with Crippen molar-refractivity contribution in [2.75, 3.05) is 0 Å². The standard InChI is InChI=1S/C15H20N2O3/c1-15(2)10(11(15)14(18)19)13-16-12(17-20-13)9-6-7-3-4-8(9)5-7/h7-11H,3-6H2,1-2H3,(H,18,19). The maximum Gasteiger partial charge on any atom is 0.307 e. The molecule has 0 aromatic carbocycles. The molecule has 5 atom stereocenters. The molecule has 108 valence electrons. The molecule has 0 saturated heterocycles. The molecule has 0 aliphatic heterocycles. The third-order valence-corrected chi connectivity index (χ3v) is 5.89. The molecule has 20 heavy (non-hydrogen) atoms. The van der Waals surface area contributed by atoms with E-state index < -0.39 is 11.9 Å². The van der Waals surface area contributed by atoms with Gasteiger partial charge in [0.1, 0.15) is 0 Å². The van der Waals surface area contributed by atoms with Gasteiger partial charge < -0.3 is 9.63 Å². The summed E-state index contributed by atoms with van der Waals surface area (Å²) >= 11 is 0. The number of aromatic nitrogens is 2. The van der Waals surface area contributed by atoms with Crippen LogP contribution in [-0.2, 0) is 4.79 Å². The quantitative estimate of drug-likeness (QED) is 0.918. The minimum absolute atomic E-state index is 0.125. The molecule has 1 aromatic rings. The van der Waals surface area contributed by atoms with E-state index in [0.29, 0.717) is 17.7 Å². The van der Waals surface area contributed by atoms with Crippen molar-refractivity contribution in [2.45, 2.75) is 51.4 Å². The molecule has 0 radical (unpaired) electrons. The second-order valence-corrected chi connectivity index (χ2v) is 7.39. The summed E-state index contributed by atoms with van der Waals surface area (Å²) in [7, 11) is 0. The average molecular weight is 276 g/mol. The van der Waals surface area contributed by atoms with Crippen molar-refractivity contribution in [1.82, 2.24) is 10.1 Å². The molecule has 5 unspecified atom stereocenters. The summed E-state index contributed by atoms with van der Waals surface area (Å²) in [6.45, 7) is 3.91. The first-order valence-electron chi connectivity index (χ1n) is 7.54.